The average Bonchev–Trinajstić information content (AvgIpc) is 3.07. The van der Waals surface area contributed by atoms with Crippen LogP contribution in [0.25, 0.3) is 0 Å². The summed E-state index contributed by atoms with van der Waals surface area (Å²) in [7, 11) is 0. The lowest BCUT2D eigenvalue weighted by molar-refractivity contribution is -0.147. The summed E-state index contributed by atoms with van der Waals surface area (Å²) in [5.74, 6) is -5.88. The molecular weight excluding hydrogens is 600 g/mol. The molecule has 0 spiro atoms. The first-order chi connectivity index (χ1) is 20.3. The summed E-state index contributed by atoms with van der Waals surface area (Å²) in [6.07, 6.45) is -15.7. The van der Waals surface area contributed by atoms with Crippen LogP contribution in [0.4, 0.5) is 32.0 Å². The van der Waals surface area contributed by atoms with Gasteiger partial charge in [-0.05, 0) is 37.3 Å². The zero-order valence-electron chi connectivity index (χ0n) is 22.8. The molecule has 0 unspecified atom stereocenters. The summed E-state index contributed by atoms with van der Waals surface area (Å²) < 4.78 is 80.8. The molecule has 0 aliphatic carbocycles. The van der Waals surface area contributed by atoms with E-state index < -0.39 is 80.2 Å². The lowest BCUT2D eigenvalue weighted by Crippen LogP contribution is -2.48. The first kappa shape index (κ1) is 33.9. The maximum Gasteiger partial charge on any atom is 0.389 e. The number of benzene rings is 2. The van der Waals surface area contributed by atoms with Gasteiger partial charge in [-0.1, -0.05) is 48.5 Å². The monoisotopic (exact) mass is 631 g/mol. The number of alkyl halides is 6. The predicted octanol–water partition coefficient (Wildman–Crippen LogP) is 4.95. The van der Waals surface area contributed by atoms with Gasteiger partial charge in [0.05, 0.1) is 17.3 Å². The molecule has 0 bridgehead atoms. The van der Waals surface area contributed by atoms with Gasteiger partial charge in [0.25, 0.3) is 5.91 Å². The van der Waals surface area contributed by atoms with E-state index in [2.05, 4.69) is 20.3 Å². The van der Waals surface area contributed by atoms with Crippen LogP contribution in [-0.4, -0.2) is 54.2 Å². The lowest BCUT2D eigenvalue weighted by atomic mass is 9.83. The van der Waals surface area contributed by atoms with E-state index in [1.165, 1.54) is 0 Å². The van der Waals surface area contributed by atoms with Crippen molar-refractivity contribution in [2.24, 2.45) is 22.6 Å². The Morgan fingerprint density at radius 2 is 1.53 bits per heavy atom. The van der Waals surface area contributed by atoms with Crippen molar-refractivity contribution in [2.75, 3.05) is 17.6 Å². The molecule has 2 aromatic carbocycles. The Morgan fingerprint density at radius 1 is 0.907 bits per heavy atom. The zero-order valence-corrected chi connectivity index (χ0v) is 23.6. The van der Waals surface area contributed by atoms with Crippen LogP contribution < -0.4 is 21.1 Å². The summed E-state index contributed by atoms with van der Waals surface area (Å²) in [6.45, 7) is 0.134. The second-order valence-corrected chi connectivity index (χ2v) is 10.7. The Bertz CT molecular complexity index is 1290. The zero-order chi connectivity index (χ0) is 31.6. The van der Waals surface area contributed by atoms with E-state index >= 15 is 0 Å². The largest absolute Gasteiger partial charge is 0.389 e. The van der Waals surface area contributed by atoms with Crippen LogP contribution in [0.5, 0.6) is 0 Å². The number of amides is 3. The van der Waals surface area contributed by atoms with Crippen LogP contribution in [0.15, 0.2) is 59.6 Å². The highest BCUT2D eigenvalue weighted by atomic mass is 32.2. The van der Waals surface area contributed by atoms with E-state index in [4.69, 9.17) is 5.73 Å². The van der Waals surface area contributed by atoms with Gasteiger partial charge < -0.3 is 16.4 Å². The van der Waals surface area contributed by atoms with Gasteiger partial charge in [0.1, 0.15) is 0 Å². The fourth-order valence-corrected chi connectivity index (χ4v) is 5.06. The Morgan fingerprint density at radius 3 is 2.19 bits per heavy atom. The second kappa shape index (κ2) is 15.2. The topological polar surface area (TPSA) is 126 Å². The maximum absolute atomic E-state index is 13.6. The van der Waals surface area contributed by atoms with Gasteiger partial charge in [-0.25, -0.2) is 4.99 Å². The molecule has 0 fully saturated rings. The molecule has 2 aromatic rings. The van der Waals surface area contributed by atoms with Crippen molar-refractivity contribution in [2.45, 2.75) is 50.6 Å². The number of anilines is 1. The minimum atomic E-state index is -4.70. The van der Waals surface area contributed by atoms with Crippen LogP contribution in [0.1, 0.15) is 43.2 Å². The second-order valence-electron chi connectivity index (χ2n) is 9.77. The van der Waals surface area contributed by atoms with E-state index in [1.54, 1.807) is 54.6 Å². The number of hydrogen-bond acceptors (Lipinski definition) is 6. The third kappa shape index (κ3) is 10.6. The third-order valence-electron chi connectivity index (χ3n) is 6.54. The molecule has 15 heteroatoms. The number of nitrogens with two attached hydrogens (primary N) is 1. The Hall–Kier alpha value is -3.59. The van der Waals surface area contributed by atoms with E-state index in [9.17, 15) is 40.7 Å². The number of halogens is 6. The van der Waals surface area contributed by atoms with Crippen molar-refractivity contribution in [3.8, 4) is 0 Å². The fraction of sp³-hybridized carbons (Fsp3) is 0.429. The number of carbonyl (C=O) groups excluding carboxylic acids is 3. The van der Waals surface area contributed by atoms with E-state index in [-0.39, 0.29) is 12.3 Å². The summed E-state index contributed by atoms with van der Waals surface area (Å²) in [6, 6.07) is 15.4. The van der Waals surface area contributed by atoms with Crippen molar-refractivity contribution in [1.82, 2.24) is 10.0 Å². The number of para-hydroxylation sites is 1. The molecule has 1 aliphatic heterocycles. The molecule has 5 N–H and O–H groups in total. The molecule has 1 heterocycles. The number of carbonyl (C=O) groups is 3. The first-order valence-electron chi connectivity index (χ1n) is 13.4. The molecule has 3 amide bonds. The molecule has 234 valence electrons. The van der Waals surface area contributed by atoms with Crippen LogP contribution in [0.3, 0.4) is 0 Å². The summed E-state index contributed by atoms with van der Waals surface area (Å²) in [4.78, 5) is 44.2. The smallest absolute Gasteiger partial charge is 0.330 e. The predicted molar refractivity (Wildman–Crippen MR) is 151 cm³/mol. The van der Waals surface area contributed by atoms with E-state index in [0.29, 0.717) is 22.5 Å². The average molecular weight is 632 g/mol. The Labute approximate surface area is 248 Å². The molecule has 8 nitrogen and oxygen atoms in total. The number of rotatable bonds is 13. The van der Waals surface area contributed by atoms with Crippen LogP contribution in [0, 0.1) is 11.8 Å². The summed E-state index contributed by atoms with van der Waals surface area (Å²) in [5, 5.41) is 5.03. The Balaban J connectivity index is 1.97. The fourth-order valence-electron chi connectivity index (χ4n) is 4.55. The molecule has 1 aliphatic rings. The van der Waals surface area contributed by atoms with Crippen LogP contribution >= 0.6 is 11.9 Å². The highest BCUT2D eigenvalue weighted by molar-refractivity contribution is 7.97. The van der Waals surface area contributed by atoms with Crippen LogP contribution in [-0.2, 0) is 14.4 Å². The van der Waals surface area contributed by atoms with E-state index in [1.807, 2.05) is 0 Å². The Kier molecular flexibility index (Phi) is 12.0. The highest BCUT2D eigenvalue weighted by Gasteiger charge is 2.40. The van der Waals surface area contributed by atoms with Gasteiger partial charge in [-0.2, -0.15) is 26.3 Å². The van der Waals surface area contributed by atoms with Crippen molar-refractivity contribution in [1.29, 1.82) is 0 Å². The number of fused-ring (bicyclic) bond motifs is 1. The van der Waals surface area contributed by atoms with Crippen molar-refractivity contribution in [3.63, 3.8) is 0 Å². The van der Waals surface area contributed by atoms with E-state index in [0.717, 1.165) is 11.9 Å². The van der Waals surface area contributed by atoms with Gasteiger partial charge in [0, 0.05) is 42.2 Å². The maximum atomic E-state index is 13.6. The molecule has 0 saturated heterocycles. The lowest BCUT2D eigenvalue weighted by Gasteiger charge is -2.27. The molecule has 3 atom stereocenters. The highest BCUT2D eigenvalue weighted by Crippen LogP contribution is 2.33. The van der Waals surface area contributed by atoms with Gasteiger partial charge in [0.2, 0.25) is 18.0 Å². The van der Waals surface area contributed by atoms with Crippen molar-refractivity contribution < 1.29 is 40.7 Å². The number of aliphatic imine (C=N–C) groups is 1. The minimum Gasteiger partial charge on any atom is -0.330 e. The molecule has 3 rings (SSSR count). The van der Waals surface area contributed by atoms with Crippen molar-refractivity contribution in [3.05, 3.63) is 65.7 Å². The number of nitrogens with one attached hydrogen (secondary N) is 3. The molecule has 0 saturated carbocycles. The molecule has 0 aromatic heterocycles. The minimum absolute atomic E-state index is 0.134. The van der Waals surface area contributed by atoms with Gasteiger partial charge in [-0.15, -0.1) is 0 Å². The third-order valence-corrected chi connectivity index (χ3v) is 7.32. The molecular formula is C28H31F6N5O3S. The molecule has 43 heavy (non-hydrogen) atoms. The quantitative estimate of drug-likeness (QED) is 0.142. The number of benzodiazepines with no additional fused rings is 1. The van der Waals surface area contributed by atoms with Gasteiger partial charge in [-0.3, -0.25) is 19.1 Å². The van der Waals surface area contributed by atoms with Gasteiger partial charge >= 0.3 is 12.4 Å². The van der Waals surface area contributed by atoms with Crippen molar-refractivity contribution >= 4 is 41.1 Å². The SMILES string of the molecule is NCCSNC(=O)[C@@H](CCC(F)(F)F)[C@@H](CCCC(F)(F)F)C(=O)N[C@H]1N=C(c2ccccc2)c2ccccc2NC1=O. The number of nitrogens with zero attached hydrogens (tertiary/aromatic N) is 1. The summed E-state index contributed by atoms with van der Waals surface area (Å²) >= 11 is 0.806. The molecule has 0 radical (unpaired) electrons. The number of hydrogen-bond donors (Lipinski definition) is 4. The van der Waals surface area contributed by atoms with Crippen LogP contribution in [0.2, 0.25) is 0 Å². The van der Waals surface area contributed by atoms with Gasteiger partial charge in [0.15, 0.2) is 0 Å². The normalized spacial score (nSPS) is 16.7. The summed E-state index contributed by atoms with van der Waals surface area (Å²) in [5.41, 5.74) is 7.21. The standard InChI is InChI=1S/C28H31F6N5O3S/c29-27(30,31)13-6-10-18(19(12-14-28(32,33)34)25(41)39-43-16-15-35)24(40)38-23-26(42)36-21-11-5-4-9-20(21)22(37-23)17-7-2-1-3-8-17/h1-5,7-9,11,18-19,23H,6,10,12-16,35H2,(H,36,42)(H,38,40)(H,39,41)/t18-,19+,23-/m1/s1. The first-order valence-corrected chi connectivity index (χ1v) is 14.4.